The largest absolute Gasteiger partial charge is 0.496 e. The van der Waals surface area contributed by atoms with Gasteiger partial charge in [0.25, 0.3) is 0 Å². The molecular formula is C10H15NO2. The van der Waals surface area contributed by atoms with Gasteiger partial charge >= 0.3 is 0 Å². The summed E-state index contributed by atoms with van der Waals surface area (Å²) < 4.78 is 5.14. The molecule has 0 aliphatic rings. The second kappa shape index (κ2) is 3.77. The van der Waals surface area contributed by atoms with Crippen LogP contribution < -0.4 is 10.5 Å². The first-order chi connectivity index (χ1) is 6.11. The van der Waals surface area contributed by atoms with Crippen molar-refractivity contribution >= 4 is 0 Å². The lowest BCUT2D eigenvalue weighted by atomic mass is 9.93. The zero-order valence-corrected chi connectivity index (χ0v) is 7.95. The normalized spacial score (nSPS) is 15.1. The lowest BCUT2D eigenvalue weighted by Crippen LogP contribution is -2.37. The summed E-state index contributed by atoms with van der Waals surface area (Å²) in [5.41, 5.74) is 5.96. The van der Waals surface area contributed by atoms with Gasteiger partial charge in [0.1, 0.15) is 5.75 Å². The molecule has 3 heteroatoms. The summed E-state index contributed by atoms with van der Waals surface area (Å²) in [4.78, 5) is 0. The van der Waals surface area contributed by atoms with Gasteiger partial charge in [0.15, 0.2) is 0 Å². The number of methoxy groups -OCH3 is 1. The molecule has 1 rings (SSSR count). The average molecular weight is 181 g/mol. The van der Waals surface area contributed by atoms with Crippen LogP contribution in [0.3, 0.4) is 0 Å². The third kappa shape index (κ3) is 1.99. The van der Waals surface area contributed by atoms with Crippen molar-refractivity contribution in [2.24, 2.45) is 5.73 Å². The maximum absolute atomic E-state index is 9.09. The van der Waals surface area contributed by atoms with Crippen molar-refractivity contribution < 1.29 is 9.84 Å². The topological polar surface area (TPSA) is 55.5 Å². The SMILES string of the molecule is COc1ccccc1C(C)(N)CO. The smallest absolute Gasteiger partial charge is 0.123 e. The molecule has 0 radical (unpaired) electrons. The Bertz CT molecular complexity index is 284. The van der Waals surface area contributed by atoms with E-state index in [-0.39, 0.29) is 6.61 Å². The Labute approximate surface area is 78.1 Å². The monoisotopic (exact) mass is 181 g/mol. The van der Waals surface area contributed by atoms with E-state index < -0.39 is 5.54 Å². The van der Waals surface area contributed by atoms with Crippen molar-refractivity contribution in [3.63, 3.8) is 0 Å². The van der Waals surface area contributed by atoms with Gasteiger partial charge in [-0.3, -0.25) is 0 Å². The Morgan fingerprint density at radius 2 is 2.08 bits per heavy atom. The molecule has 13 heavy (non-hydrogen) atoms. The molecule has 0 amide bonds. The van der Waals surface area contributed by atoms with Crippen LogP contribution in [0.2, 0.25) is 0 Å². The van der Waals surface area contributed by atoms with E-state index in [2.05, 4.69) is 0 Å². The molecule has 1 aromatic carbocycles. The highest BCUT2D eigenvalue weighted by molar-refractivity contribution is 5.38. The summed E-state index contributed by atoms with van der Waals surface area (Å²) in [7, 11) is 1.59. The summed E-state index contributed by atoms with van der Waals surface area (Å²) in [6.45, 7) is 1.66. The fourth-order valence-electron chi connectivity index (χ4n) is 1.20. The molecule has 0 heterocycles. The minimum absolute atomic E-state index is 0.104. The first kappa shape index (κ1) is 10.0. The Hall–Kier alpha value is -1.06. The molecular weight excluding hydrogens is 166 g/mol. The minimum Gasteiger partial charge on any atom is -0.496 e. The first-order valence-electron chi connectivity index (χ1n) is 4.15. The molecule has 0 fully saturated rings. The number of nitrogens with two attached hydrogens (primary N) is 1. The van der Waals surface area contributed by atoms with E-state index in [4.69, 9.17) is 15.6 Å². The maximum atomic E-state index is 9.09. The van der Waals surface area contributed by atoms with Gasteiger partial charge in [-0.1, -0.05) is 18.2 Å². The fourth-order valence-corrected chi connectivity index (χ4v) is 1.20. The highest BCUT2D eigenvalue weighted by Crippen LogP contribution is 2.26. The van der Waals surface area contributed by atoms with Crippen LogP contribution in [-0.4, -0.2) is 18.8 Å². The average Bonchev–Trinajstić information content (AvgIpc) is 2.18. The van der Waals surface area contributed by atoms with E-state index in [1.807, 2.05) is 24.3 Å². The molecule has 0 bridgehead atoms. The first-order valence-corrected chi connectivity index (χ1v) is 4.15. The second-order valence-electron chi connectivity index (χ2n) is 3.28. The number of ether oxygens (including phenoxy) is 1. The summed E-state index contributed by atoms with van der Waals surface area (Å²) in [5.74, 6) is 0.710. The van der Waals surface area contributed by atoms with Crippen molar-refractivity contribution in [2.75, 3.05) is 13.7 Å². The van der Waals surface area contributed by atoms with Gasteiger partial charge in [-0.25, -0.2) is 0 Å². The highest BCUT2D eigenvalue weighted by atomic mass is 16.5. The van der Waals surface area contributed by atoms with Gasteiger partial charge in [-0.2, -0.15) is 0 Å². The fraction of sp³-hybridized carbons (Fsp3) is 0.400. The third-order valence-corrected chi connectivity index (χ3v) is 2.05. The van der Waals surface area contributed by atoms with E-state index in [9.17, 15) is 0 Å². The van der Waals surface area contributed by atoms with Crippen molar-refractivity contribution in [1.82, 2.24) is 0 Å². The van der Waals surface area contributed by atoms with Crippen LogP contribution in [0.5, 0.6) is 5.75 Å². The van der Waals surface area contributed by atoms with Crippen LogP contribution in [0.1, 0.15) is 12.5 Å². The molecule has 72 valence electrons. The summed E-state index contributed by atoms with van der Waals surface area (Å²) in [6, 6.07) is 7.43. The number of para-hydroxylation sites is 1. The number of rotatable bonds is 3. The molecule has 0 spiro atoms. The van der Waals surface area contributed by atoms with Gasteiger partial charge < -0.3 is 15.6 Å². The molecule has 0 saturated carbocycles. The summed E-state index contributed by atoms with van der Waals surface area (Å²) in [6.07, 6.45) is 0. The Morgan fingerprint density at radius 3 is 2.62 bits per heavy atom. The Balaban J connectivity index is 3.12. The molecule has 0 saturated heterocycles. The van der Waals surface area contributed by atoms with E-state index in [1.165, 1.54) is 0 Å². The van der Waals surface area contributed by atoms with Crippen LogP contribution in [0.4, 0.5) is 0 Å². The van der Waals surface area contributed by atoms with Gasteiger partial charge in [0.05, 0.1) is 19.3 Å². The molecule has 1 aromatic rings. The number of hydrogen-bond acceptors (Lipinski definition) is 3. The molecule has 0 aliphatic heterocycles. The van der Waals surface area contributed by atoms with Gasteiger partial charge in [-0.05, 0) is 13.0 Å². The van der Waals surface area contributed by atoms with Crippen LogP contribution in [-0.2, 0) is 5.54 Å². The standard InChI is InChI=1S/C10H15NO2/c1-10(11,7-12)8-5-3-4-6-9(8)13-2/h3-6,12H,7,11H2,1-2H3. The van der Waals surface area contributed by atoms with Gasteiger partial charge in [-0.15, -0.1) is 0 Å². The van der Waals surface area contributed by atoms with Crippen LogP contribution in [0, 0.1) is 0 Å². The summed E-state index contributed by atoms with van der Waals surface area (Å²) >= 11 is 0. The van der Waals surface area contributed by atoms with Crippen LogP contribution in [0.15, 0.2) is 24.3 Å². The van der Waals surface area contributed by atoms with Crippen molar-refractivity contribution in [3.8, 4) is 5.75 Å². The molecule has 0 aromatic heterocycles. The lowest BCUT2D eigenvalue weighted by molar-refractivity contribution is 0.206. The zero-order chi connectivity index (χ0) is 9.90. The van der Waals surface area contributed by atoms with Gasteiger partial charge in [0.2, 0.25) is 0 Å². The number of hydrogen-bond donors (Lipinski definition) is 2. The summed E-state index contributed by atoms with van der Waals surface area (Å²) in [5, 5.41) is 9.09. The predicted molar refractivity (Wildman–Crippen MR) is 51.6 cm³/mol. The molecule has 3 N–H and O–H groups in total. The quantitative estimate of drug-likeness (QED) is 0.727. The van der Waals surface area contributed by atoms with E-state index in [0.717, 1.165) is 5.56 Å². The maximum Gasteiger partial charge on any atom is 0.123 e. The number of benzene rings is 1. The molecule has 0 aliphatic carbocycles. The second-order valence-corrected chi connectivity index (χ2v) is 3.28. The third-order valence-electron chi connectivity index (χ3n) is 2.05. The van der Waals surface area contributed by atoms with Crippen LogP contribution >= 0.6 is 0 Å². The van der Waals surface area contributed by atoms with Crippen molar-refractivity contribution in [3.05, 3.63) is 29.8 Å². The van der Waals surface area contributed by atoms with E-state index >= 15 is 0 Å². The number of aliphatic hydroxyl groups is 1. The number of aliphatic hydroxyl groups excluding tert-OH is 1. The Kier molecular flexibility index (Phi) is 2.90. The zero-order valence-electron chi connectivity index (χ0n) is 7.95. The lowest BCUT2D eigenvalue weighted by Gasteiger charge is -2.24. The van der Waals surface area contributed by atoms with Crippen molar-refractivity contribution in [2.45, 2.75) is 12.5 Å². The van der Waals surface area contributed by atoms with E-state index in [0.29, 0.717) is 5.75 Å². The van der Waals surface area contributed by atoms with E-state index in [1.54, 1.807) is 14.0 Å². The minimum atomic E-state index is -0.743. The molecule has 1 atom stereocenters. The predicted octanol–water partition coefficient (Wildman–Crippen LogP) is 0.861. The van der Waals surface area contributed by atoms with Gasteiger partial charge in [0, 0.05) is 5.56 Å². The molecule has 1 unspecified atom stereocenters. The highest BCUT2D eigenvalue weighted by Gasteiger charge is 2.23. The molecule has 3 nitrogen and oxygen atoms in total. The van der Waals surface area contributed by atoms with Crippen molar-refractivity contribution in [1.29, 1.82) is 0 Å². The Morgan fingerprint density at radius 1 is 1.46 bits per heavy atom. The van der Waals surface area contributed by atoms with Crippen LogP contribution in [0.25, 0.3) is 0 Å².